The highest BCUT2D eigenvalue weighted by Gasteiger charge is 2.22. The van der Waals surface area contributed by atoms with Crippen LogP contribution in [0.25, 0.3) is 0 Å². The van der Waals surface area contributed by atoms with Crippen molar-refractivity contribution in [3.8, 4) is 0 Å². The lowest BCUT2D eigenvalue weighted by atomic mass is 9.96. The van der Waals surface area contributed by atoms with Crippen molar-refractivity contribution in [2.75, 3.05) is 13.6 Å². The molecule has 1 aromatic heterocycles. The summed E-state index contributed by atoms with van der Waals surface area (Å²) in [6.07, 6.45) is 1.58. The first-order valence-electron chi connectivity index (χ1n) is 6.57. The van der Waals surface area contributed by atoms with E-state index in [0.29, 0.717) is 6.54 Å². The van der Waals surface area contributed by atoms with E-state index in [-0.39, 0.29) is 18.5 Å². The average Bonchev–Trinajstić information content (AvgIpc) is 2.74. The normalized spacial score (nSPS) is 12.2. The SMILES string of the molecule is Cc1occc1CN(C)C(=O)NCC(C(=O)O)C(C)C. The first-order valence-corrected chi connectivity index (χ1v) is 6.57. The van der Waals surface area contributed by atoms with Gasteiger partial charge in [0.1, 0.15) is 5.76 Å². The molecule has 0 fully saturated rings. The van der Waals surface area contributed by atoms with Gasteiger partial charge in [0.2, 0.25) is 0 Å². The topological polar surface area (TPSA) is 82.8 Å². The summed E-state index contributed by atoms with van der Waals surface area (Å²) >= 11 is 0. The molecule has 6 nitrogen and oxygen atoms in total. The summed E-state index contributed by atoms with van der Waals surface area (Å²) in [5, 5.41) is 11.7. The van der Waals surface area contributed by atoms with Gasteiger partial charge in [-0.05, 0) is 18.9 Å². The fraction of sp³-hybridized carbons (Fsp3) is 0.571. The third-order valence-corrected chi connectivity index (χ3v) is 3.32. The largest absolute Gasteiger partial charge is 0.481 e. The van der Waals surface area contributed by atoms with E-state index in [1.807, 2.05) is 26.8 Å². The van der Waals surface area contributed by atoms with Crippen molar-refractivity contribution in [3.05, 3.63) is 23.7 Å². The minimum atomic E-state index is -0.895. The average molecular weight is 282 g/mol. The fourth-order valence-corrected chi connectivity index (χ4v) is 1.84. The van der Waals surface area contributed by atoms with Crippen LogP contribution >= 0.6 is 0 Å². The molecule has 0 saturated carbocycles. The van der Waals surface area contributed by atoms with E-state index in [4.69, 9.17) is 9.52 Å². The molecule has 1 unspecified atom stereocenters. The molecule has 1 heterocycles. The second-order valence-corrected chi connectivity index (χ2v) is 5.23. The summed E-state index contributed by atoms with van der Waals surface area (Å²) in [5.74, 6) is -0.735. The van der Waals surface area contributed by atoms with Gasteiger partial charge in [0, 0.05) is 19.2 Å². The van der Waals surface area contributed by atoms with Crippen molar-refractivity contribution in [1.29, 1.82) is 0 Å². The molecule has 1 aromatic rings. The lowest BCUT2D eigenvalue weighted by Crippen LogP contribution is -2.41. The van der Waals surface area contributed by atoms with Crippen LogP contribution in [0, 0.1) is 18.8 Å². The van der Waals surface area contributed by atoms with Gasteiger partial charge in [0.15, 0.2) is 0 Å². The third-order valence-electron chi connectivity index (χ3n) is 3.32. The zero-order valence-corrected chi connectivity index (χ0v) is 12.3. The number of hydrogen-bond donors (Lipinski definition) is 2. The Bertz CT molecular complexity index is 467. The first-order chi connectivity index (χ1) is 9.32. The van der Waals surface area contributed by atoms with Gasteiger partial charge in [-0.25, -0.2) is 4.79 Å². The molecule has 0 spiro atoms. The van der Waals surface area contributed by atoms with Gasteiger partial charge in [-0.3, -0.25) is 4.79 Å². The van der Waals surface area contributed by atoms with Crippen molar-refractivity contribution in [2.45, 2.75) is 27.3 Å². The van der Waals surface area contributed by atoms with E-state index in [1.54, 1.807) is 13.3 Å². The predicted molar refractivity (Wildman–Crippen MR) is 74.3 cm³/mol. The number of urea groups is 1. The van der Waals surface area contributed by atoms with Gasteiger partial charge in [-0.2, -0.15) is 0 Å². The summed E-state index contributed by atoms with van der Waals surface area (Å²) in [5.41, 5.74) is 0.932. The van der Waals surface area contributed by atoms with Crippen LogP contribution in [-0.4, -0.2) is 35.6 Å². The number of rotatable bonds is 6. The zero-order chi connectivity index (χ0) is 15.3. The molecule has 112 valence electrons. The maximum atomic E-state index is 11.9. The Labute approximate surface area is 118 Å². The Kier molecular flexibility index (Phi) is 5.61. The molecule has 0 aliphatic heterocycles. The summed E-state index contributed by atoms with van der Waals surface area (Å²) in [4.78, 5) is 24.5. The standard InChI is InChI=1S/C14H22N2O4/c1-9(2)12(13(17)18)7-15-14(19)16(4)8-11-5-6-20-10(11)3/h5-6,9,12H,7-8H2,1-4H3,(H,15,19)(H,17,18). The van der Waals surface area contributed by atoms with Gasteiger partial charge >= 0.3 is 12.0 Å². The molecule has 1 rings (SSSR count). The number of hydrogen-bond acceptors (Lipinski definition) is 3. The Hall–Kier alpha value is -1.98. The van der Waals surface area contributed by atoms with Crippen LogP contribution in [0.5, 0.6) is 0 Å². The molecule has 0 aliphatic carbocycles. The minimum Gasteiger partial charge on any atom is -0.481 e. The van der Waals surface area contributed by atoms with Gasteiger partial charge in [-0.15, -0.1) is 0 Å². The minimum absolute atomic E-state index is 0.0331. The number of nitrogens with zero attached hydrogens (tertiary/aromatic N) is 1. The number of carbonyl (C=O) groups excluding carboxylic acids is 1. The third kappa shape index (κ3) is 4.29. The second-order valence-electron chi connectivity index (χ2n) is 5.23. The maximum absolute atomic E-state index is 11.9. The summed E-state index contributed by atoms with van der Waals surface area (Å²) < 4.78 is 5.17. The summed E-state index contributed by atoms with van der Waals surface area (Å²) in [6.45, 7) is 6.03. The lowest BCUT2D eigenvalue weighted by Gasteiger charge is -2.21. The van der Waals surface area contributed by atoms with Gasteiger partial charge < -0.3 is 19.7 Å². The molecule has 0 bridgehead atoms. The molecule has 0 aromatic carbocycles. The van der Waals surface area contributed by atoms with Crippen molar-refractivity contribution in [3.63, 3.8) is 0 Å². The molecule has 2 amide bonds. The van der Waals surface area contributed by atoms with Crippen LogP contribution in [0.1, 0.15) is 25.2 Å². The number of aryl methyl sites for hydroxylation is 1. The van der Waals surface area contributed by atoms with Crippen LogP contribution in [0.15, 0.2) is 16.7 Å². The molecular weight excluding hydrogens is 260 g/mol. The highest BCUT2D eigenvalue weighted by atomic mass is 16.4. The molecule has 2 N–H and O–H groups in total. The zero-order valence-electron chi connectivity index (χ0n) is 12.3. The Morgan fingerprint density at radius 2 is 2.10 bits per heavy atom. The fourth-order valence-electron chi connectivity index (χ4n) is 1.84. The van der Waals surface area contributed by atoms with Crippen molar-refractivity contribution < 1.29 is 19.1 Å². The van der Waals surface area contributed by atoms with E-state index < -0.39 is 11.9 Å². The van der Waals surface area contributed by atoms with Gasteiger partial charge in [0.25, 0.3) is 0 Å². The molecule has 6 heteroatoms. The van der Waals surface area contributed by atoms with Crippen LogP contribution in [0.4, 0.5) is 4.79 Å². The number of carbonyl (C=O) groups is 2. The van der Waals surface area contributed by atoms with Crippen molar-refractivity contribution in [2.24, 2.45) is 11.8 Å². The second kappa shape index (κ2) is 6.98. The number of nitrogens with one attached hydrogen (secondary N) is 1. The Morgan fingerprint density at radius 1 is 1.45 bits per heavy atom. The van der Waals surface area contributed by atoms with Gasteiger partial charge in [0.05, 0.1) is 18.7 Å². The molecule has 0 aliphatic rings. The molecule has 0 radical (unpaired) electrons. The number of furan rings is 1. The lowest BCUT2D eigenvalue weighted by molar-refractivity contribution is -0.142. The quantitative estimate of drug-likeness (QED) is 0.837. The number of carboxylic acid groups (broad SMARTS) is 1. The van der Waals surface area contributed by atoms with Crippen molar-refractivity contribution in [1.82, 2.24) is 10.2 Å². The highest BCUT2D eigenvalue weighted by Crippen LogP contribution is 2.12. The Balaban J connectivity index is 2.50. The van der Waals surface area contributed by atoms with Crippen LogP contribution in [-0.2, 0) is 11.3 Å². The van der Waals surface area contributed by atoms with E-state index >= 15 is 0 Å². The van der Waals surface area contributed by atoms with E-state index in [0.717, 1.165) is 11.3 Å². The van der Waals surface area contributed by atoms with Crippen LogP contribution in [0.3, 0.4) is 0 Å². The first kappa shape index (κ1) is 16.1. The predicted octanol–water partition coefficient (Wildman–Crippen LogP) is 2.09. The molecule has 1 atom stereocenters. The van der Waals surface area contributed by atoms with Crippen LogP contribution < -0.4 is 5.32 Å². The smallest absolute Gasteiger partial charge is 0.317 e. The maximum Gasteiger partial charge on any atom is 0.317 e. The Morgan fingerprint density at radius 3 is 2.55 bits per heavy atom. The van der Waals surface area contributed by atoms with E-state index in [2.05, 4.69) is 5.32 Å². The molecular formula is C14H22N2O4. The number of carboxylic acids is 1. The van der Waals surface area contributed by atoms with E-state index in [1.165, 1.54) is 4.90 Å². The van der Waals surface area contributed by atoms with Gasteiger partial charge in [-0.1, -0.05) is 13.8 Å². The van der Waals surface area contributed by atoms with Crippen LogP contribution in [0.2, 0.25) is 0 Å². The highest BCUT2D eigenvalue weighted by molar-refractivity contribution is 5.76. The van der Waals surface area contributed by atoms with Crippen molar-refractivity contribution >= 4 is 12.0 Å². The molecule has 20 heavy (non-hydrogen) atoms. The summed E-state index contributed by atoms with van der Waals surface area (Å²) in [6, 6.07) is 1.52. The monoisotopic (exact) mass is 282 g/mol. The number of aliphatic carboxylic acids is 1. The van der Waals surface area contributed by atoms with E-state index in [9.17, 15) is 9.59 Å². The number of amides is 2. The summed E-state index contributed by atoms with van der Waals surface area (Å²) in [7, 11) is 1.66. The molecule has 0 saturated heterocycles.